The van der Waals surface area contributed by atoms with Crippen LogP contribution in [0.1, 0.15) is 0 Å². The summed E-state index contributed by atoms with van der Waals surface area (Å²) < 4.78 is 126. The standard InChI is InChI=1S/C6F10O2/c7-1-2(17-6(14,15)16)3(8,9)5(12,13)18-4(1,10)11. The van der Waals surface area contributed by atoms with Gasteiger partial charge in [0.25, 0.3) is 0 Å². The third-order valence-corrected chi connectivity index (χ3v) is 1.58. The van der Waals surface area contributed by atoms with Gasteiger partial charge >= 0.3 is 24.5 Å². The SMILES string of the molecule is FC1=C(OC(F)(F)F)C(F)(F)C(F)(F)OC1(F)F. The fourth-order valence-electron chi connectivity index (χ4n) is 0.897. The van der Waals surface area contributed by atoms with Gasteiger partial charge in [0.1, 0.15) is 0 Å². The average Bonchev–Trinajstić information content (AvgIpc) is 2.07. The Balaban J connectivity index is 3.38. The van der Waals surface area contributed by atoms with Gasteiger partial charge in [0, 0.05) is 0 Å². The summed E-state index contributed by atoms with van der Waals surface area (Å²) in [7, 11) is 0. The van der Waals surface area contributed by atoms with Gasteiger partial charge in [0.2, 0.25) is 11.6 Å². The Morgan fingerprint density at radius 3 is 1.78 bits per heavy atom. The third-order valence-electron chi connectivity index (χ3n) is 1.58. The number of alkyl halides is 9. The lowest BCUT2D eigenvalue weighted by molar-refractivity contribution is -0.443. The maximum Gasteiger partial charge on any atom is 0.573 e. The van der Waals surface area contributed by atoms with Crippen molar-refractivity contribution in [1.82, 2.24) is 0 Å². The fraction of sp³-hybridized carbons (Fsp3) is 0.667. The van der Waals surface area contributed by atoms with E-state index in [1.54, 1.807) is 0 Å². The third kappa shape index (κ3) is 2.33. The molecule has 1 aliphatic rings. The molecular formula is C6F10O2. The van der Waals surface area contributed by atoms with Gasteiger partial charge in [-0.2, -0.15) is 30.7 Å². The van der Waals surface area contributed by atoms with E-state index in [2.05, 4.69) is 9.47 Å². The minimum atomic E-state index is -6.08. The van der Waals surface area contributed by atoms with Crippen LogP contribution in [0.3, 0.4) is 0 Å². The van der Waals surface area contributed by atoms with E-state index in [1.165, 1.54) is 0 Å². The molecule has 106 valence electrons. The number of ether oxygens (including phenoxy) is 2. The molecule has 18 heavy (non-hydrogen) atoms. The van der Waals surface area contributed by atoms with Gasteiger partial charge in [-0.05, 0) is 0 Å². The zero-order valence-corrected chi connectivity index (χ0v) is 7.60. The summed E-state index contributed by atoms with van der Waals surface area (Å²) in [4.78, 5) is 0. The topological polar surface area (TPSA) is 18.5 Å². The molecule has 0 fully saturated rings. The second kappa shape index (κ2) is 3.65. The molecule has 1 heterocycles. The first kappa shape index (κ1) is 14.9. The second-order valence-electron chi connectivity index (χ2n) is 2.90. The quantitative estimate of drug-likeness (QED) is 0.688. The van der Waals surface area contributed by atoms with Crippen molar-refractivity contribution in [2.45, 2.75) is 24.5 Å². The molecule has 0 unspecified atom stereocenters. The highest BCUT2D eigenvalue weighted by Gasteiger charge is 2.73. The van der Waals surface area contributed by atoms with Crippen LogP contribution < -0.4 is 0 Å². The number of hydrogen-bond donors (Lipinski definition) is 0. The molecule has 0 aromatic heterocycles. The number of halogens is 10. The van der Waals surface area contributed by atoms with Crippen molar-refractivity contribution in [3.8, 4) is 0 Å². The van der Waals surface area contributed by atoms with Crippen molar-refractivity contribution < 1.29 is 53.4 Å². The molecule has 0 atom stereocenters. The van der Waals surface area contributed by atoms with Crippen LogP contribution in [0.15, 0.2) is 11.6 Å². The largest absolute Gasteiger partial charge is 0.573 e. The van der Waals surface area contributed by atoms with Crippen LogP contribution in [0, 0.1) is 0 Å². The first-order valence-electron chi connectivity index (χ1n) is 3.71. The van der Waals surface area contributed by atoms with Gasteiger partial charge < -0.3 is 4.74 Å². The Morgan fingerprint density at radius 1 is 0.944 bits per heavy atom. The van der Waals surface area contributed by atoms with Gasteiger partial charge in [-0.1, -0.05) is 0 Å². The van der Waals surface area contributed by atoms with E-state index >= 15 is 0 Å². The van der Waals surface area contributed by atoms with Gasteiger partial charge in [0.15, 0.2) is 0 Å². The Kier molecular flexibility index (Phi) is 3.01. The average molecular weight is 294 g/mol. The summed E-state index contributed by atoms with van der Waals surface area (Å²) in [6.07, 6.45) is -17.8. The molecule has 0 bridgehead atoms. The lowest BCUT2D eigenvalue weighted by Crippen LogP contribution is -2.54. The molecule has 0 spiro atoms. The summed E-state index contributed by atoms with van der Waals surface area (Å²) >= 11 is 0. The Hall–Kier alpha value is -1.20. The maximum absolute atomic E-state index is 12.6. The summed E-state index contributed by atoms with van der Waals surface area (Å²) in [5, 5.41) is 0. The normalized spacial score (nSPS) is 26.1. The van der Waals surface area contributed by atoms with Crippen molar-refractivity contribution in [2.75, 3.05) is 0 Å². The van der Waals surface area contributed by atoms with E-state index < -0.39 is 36.1 Å². The smallest absolute Gasteiger partial charge is 0.400 e. The van der Waals surface area contributed by atoms with Crippen LogP contribution in [0.2, 0.25) is 0 Å². The number of rotatable bonds is 1. The van der Waals surface area contributed by atoms with Crippen molar-refractivity contribution in [3.63, 3.8) is 0 Å². The summed E-state index contributed by atoms with van der Waals surface area (Å²) in [6, 6.07) is 0. The first-order valence-corrected chi connectivity index (χ1v) is 3.71. The molecule has 0 N–H and O–H groups in total. The van der Waals surface area contributed by atoms with E-state index in [0.29, 0.717) is 0 Å². The minimum absolute atomic E-state index is 2.14. The first-order chi connectivity index (χ1) is 7.71. The zero-order chi connectivity index (χ0) is 14.6. The molecule has 0 aromatic rings. The van der Waals surface area contributed by atoms with Gasteiger partial charge in [-0.3, -0.25) is 0 Å². The minimum Gasteiger partial charge on any atom is -0.400 e. The predicted octanol–water partition coefficient (Wildman–Crippen LogP) is 3.55. The zero-order valence-electron chi connectivity index (χ0n) is 7.60. The molecule has 0 amide bonds. The van der Waals surface area contributed by atoms with Crippen molar-refractivity contribution in [3.05, 3.63) is 11.6 Å². The Labute approximate surface area is 90.8 Å². The van der Waals surface area contributed by atoms with Crippen molar-refractivity contribution in [2.24, 2.45) is 0 Å². The van der Waals surface area contributed by atoms with Crippen LogP contribution in [-0.2, 0) is 9.47 Å². The second-order valence-corrected chi connectivity index (χ2v) is 2.90. The van der Waals surface area contributed by atoms with Crippen LogP contribution in [0.5, 0.6) is 0 Å². The molecular weight excluding hydrogens is 294 g/mol. The lowest BCUT2D eigenvalue weighted by atomic mass is 10.2. The molecule has 12 heteroatoms. The van der Waals surface area contributed by atoms with Gasteiger partial charge in [0.05, 0.1) is 0 Å². The molecule has 0 radical (unpaired) electrons. The van der Waals surface area contributed by atoms with Crippen LogP contribution in [0.4, 0.5) is 43.9 Å². The van der Waals surface area contributed by atoms with E-state index in [1.807, 2.05) is 0 Å². The molecule has 1 rings (SSSR count). The highest BCUT2D eigenvalue weighted by atomic mass is 19.4. The Morgan fingerprint density at radius 2 is 1.39 bits per heavy atom. The number of hydrogen-bond acceptors (Lipinski definition) is 2. The van der Waals surface area contributed by atoms with Crippen molar-refractivity contribution in [1.29, 1.82) is 0 Å². The fourth-order valence-corrected chi connectivity index (χ4v) is 0.897. The van der Waals surface area contributed by atoms with Gasteiger partial charge in [-0.25, -0.2) is 4.74 Å². The maximum atomic E-state index is 12.6. The lowest BCUT2D eigenvalue weighted by Gasteiger charge is -2.35. The van der Waals surface area contributed by atoms with E-state index in [0.717, 1.165) is 0 Å². The molecule has 0 aliphatic carbocycles. The monoisotopic (exact) mass is 294 g/mol. The summed E-state index contributed by atoms with van der Waals surface area (Å²) in [5.74, 6) is -13.2. The summed E-state index contributed by atoms with van der Waals surface area (Å²) in [5.41, 5.74) is 0. The van der Waals surface area contributed by atoms with E-state index in [9.17, 15) is 43.9 Å². The highest BCUT2D eigenvalue weighted by Crippen LogP contribution is 2.53. The van der Waals surface area contributed by atoms with Crippen molar-refractivity contribution >= 4 is 0 Å². The van der Waals surface area contributed by atoms with Gasteiger partial charge in [-0.15, -0.1) is 13.2 Å². The molecule has 0 saturated heterocycles. The molecule has 0 saturated carbocycles. The predicted molar refractivity (Wildman–Crippen MR) is 31.2 cm³/mol. The molecule has 1 aliphatic heterocycles. The van der Waals surface area contributed by atoms with E-state index in [-0.39, 0.29) is 0 Å². The van der Waals surface area contributed by atoms with E-state index in [4.69, 9.17) is 0 Å². The van der Waals surface area contributed by atoms with Crippen LogP contribution in [-0.4, -0.2) is 24.5 Å². The summed E-state index contributed by atoms with van der Waals surface area (Å²) in [6.45, 7) is 0. The Bertz CT molecular complexity index is 380. The molecule has 0 aromatic carbocycles. The molecule has 2 nitrogen and oxygen atoms in total. The van der Waals surface area contributed by atoms with Crippen LogP contribution >= 0.6 is 0 Å². The highest BCUT2D eigenvalue weighted by molar-refractivity contribution is 5.21. The van der Waals surface area contributed by atoms with Crippen LogP contribution in [0.25, 0.3) is 0 Å².